The van der Waals surface area contributed by atoms with Gasteiger partial charge in [-0.15, -0.1) is 11.8 Å². The lowest BCUT2D eigenvalue weighted by atomic mass is 10.3. The van der Waals surface area contributed by atoms with Crippen LogP contribution in [0.5, 0.6) is 0 Å². The summed E-state index contributed by atoms with van der Waals surface area (Å²) in [7, 11) is 0. The zero-order valence-electron chi connectivity index (χ0n) is 10.0. The summed E-state index contributed by atoms with van der Waals surface area (Å²) in [4.78, 5) is 9.01. The fourth-order valence-electron chi connectivity index (χ4n) is 1.80. The van der Waals surface area contributed by atoms with Crippen molar-refractivity contribution in [3.05, 3.63) is 59.2 Å². The summed E-state index contributed by atoms with van der Waals surface area (Å²) in [6.07, 6.45) is 4.02. The van der Waals surface area contributed by atoms with Crippen LogP contribution in [-0.4, -0.2) is 9.97 Å². The third-order valence-electron chi connectivity index (χ3n) is 2.81. The monoisotopic (exact) mass is 274 g/mol. The standard InChI is InChI=1S/C14H14N2S2/c1-3-13-9-18-10-14-4-2-12(6-16-14)8-17-7-11(1)5-15-13/h1-6H,7-10H2. The summed E-state index contributed by atoms with van der Waals surface area (Å²) in [6.45, 7) is 0. The second-order valence-corrected chi connectivity index (χ2v) is 6.27. The number of thioether (sulfide) groups is 2. The second-order valence-electron chi connectivity index (χ2n) is 4.30. The Balaban J connectivity index is 1.82. The van der Waals surface area contributed by atoms with E-state index in [9.17, 15) is 0 Å². The molecule has 2 aromatic rings. The highest BCUT2D eigenvalue weighted by atomic mass is 32.2. The van der Waals surface area contributed by atoms with Gasteiger partial charge in [-0.1, -0.05) is 12.1 Å². The Kier molecular flexibility index (Phi) is 3.86. The van der Waals surface area contributed by atoms with Crippen LogP contribution in [0.15, 0.2) is 36.7 Å². The van der Waals surface area contributed by atoms with E-state index in [2.05, 4.69) is 34.2 Å². The fourth-order valence-corrected chi connectivity index (χ4v) is 3.58. The SMILES string of the molecule is c1cc2ncc1CSCc1ccc(nc1)CSC2. The topological polar surface area (TPSA) is 25.8 Å². The van der Waals surface area contributed by atoms with Crippen LogP contribution in [0.25, 0.3) is 0 Å². The van der Waals surface area contributed by atoms with Crippen LogP contribution in [0.3, 0.4) is 0 Å². The maximum atomic E-state index is 4.50. The lowest BCUT2D eigenvalue weighted by molar-refractivity contribution is 1.12. The van der Waals surface area contributed by atoms with Crippen LogP contribution in [0.4, 0.5) is 0 Å². The third-order valence-corrected chi connectivity index (χ3v) is 4.88. The average Bonchev–Trinajstić information content (AvgIpc) is 2.43. The minimum Gasteiger partial charge on any atom is -0.260 e. The first-order valence-corrected chi connectivity index (χ1v) is 8.24. The fraction of sp³-hybridized carbons (Fsp3) is 0.286. The Bertz CT molecular complexity index is 413. The van der Waals surface area contributed by atoms with Gasteiger partial charge in [0.25, 0.3) is 0 Å². The van der Waals surface area contributed by atoms with Gasteiger partial charge in [0.2, 0.25) is 0 Å². The highest BCUT2D eigenvalue weighted by molar-refractivity contribution is 7.98. The summed E-state index contributed by atoms with van der Waals surface area (Å²) in [6, 6.07) is 8.68. The molecule has 4 heteroatoms. The number of hydrogen-bond acceptors (Lipinski definition) is 4. The summed E-state index contributed by atoms with van der Waals surface area (Å²) in [5, 5.41) is 0. The molecule has 0 amide bonds. The molecule has 4 aliphatic heterocycles. The number of pyridine rings is 2. The van der Waals surface area contributed by atoms with Crippen molar-refractivity contribution in [1.82, 2.24) is 9.97 Å². The van der Waals surface area contributed by atoms with Crippen molar-refractivity contribution in [3.8, 4) is 0 Å². The summed E-state index contributed by atoms with van der Waals surface area (Å²) >= 11 is 3.78. The Morgan fingerprint density at radius 1 is 0.667 bits per heavy atom. The van der Waals surface area contributed by atoms with Crippen LogP contribution >= 0.6 is 23.5 Å². The summed E-state index contributed by atoms with van der Waals surface area (Å²) in [5.74, 6) is 3.94. The smallest absolute Gasteiger partial charge is 0.0502 e. The van der Waals surface area contributed by atoms with Crippen molar-refractivity contribution in [3.63, 3.8) is 0 Å². The molecule has 4 bridgehead atoms. The van der Waals surface area contributed by atoms with E-state index < -0.39 is 0 Å². The largest absolute Gasteiger partial charge is 0.260 e. The molecular weight excluding hydrogens is 260 g/mol. The van der Waals surface area contributed by atoms with E-state index in [0.29, 0.717) is 0 Å². The third kappa shape index (κ3) is 3.06. The van der Waals surface area contributed by atoms with E-state index in [1.807, 2.05) is 35.9 Å². The zero-order chi connectivity index (χ0) is 12.2. The maximum absolute atomic E-state index is 4.50. The second kappa shape index (κ2) is 5.76. The number of rotatable bonds is 0. The van der Waals surface area contributed by atoms with Gasteiger partial charge in [0.15, 0.2) is 0 Å². The molecule has 0 saturated carbocycles. The van der Waals surface area contributed by atoms with Gasteiger partial charge in [-0.05, 0) is 23.3 Å². The minimum atomic E-state index is 0.955. The van der Waals surface area contributed by atoms with Gasteiger partial charge in [-0.25, -0.2) is 0 Å². The van der Waals surface area contributed by atoms with Crippen LogP contribution < -0.4 is 0 Å². The Morgan fingerprint density at radius 2 is 1.17 bits per heavy atom. The molecule has 0 aliphatic carbocycles. The van der Waals surface area contributed by atoms with Gasteiger partial charge < -0.3 is 0 Å². The van der Waals surface area contributed by atoms with Gasteiger partial charge in [-0.2, -0.15) is 11.8 Å². The predicted octanol–water partition coefficient (Wildman–Crippen LogP) is 3.66. The van der Waals surface area contributed by atoms with Gasteiger partial charge in [0.05, 0.1) is 11.4 Å². The van der Waals surface area contributed by atoms with Crippen LogP contribution in [-0.2, 0) is 23.0 Å². The van der Waals surface area contributed by atoms with Crippen LogP contribution in [0.1, 0.15) is 22.5 Å². The number of aromatic nitrogens is 2. The summed E-state index contributed by atoms with van der Waals surface area (Å²) in [5.41, 5.74) is 4.91. The highest BCUT2D eigenvalue weighted by Crippen LogP contribution is 2.21. The quantitative estimate of drug-likeness (QED) is 0.732. The van der Waals surface area contributed by atoms with E-state index >= 15 is 0 Å². The Hall–Kier alpha value is -1.00. The first-order chi connectivity index (χ1) is 8.90. The van der Waals surface area contributed by atoms with Gasteiger partial charge >= 0.3 is 0 Å². The number of hydrogen-bond donors (Lipinski definition) is 0. The minimum absolute atomic E-state index is 0.955. The highest BCUT2D eigenvalue weighted by Gasteiger charge is 2.02. The Morgan fingerprint density at radius 3 is 1.61 bits per heavy atom. The molecule has 4 aliphatic rings. The molecule has 0 aromatic carbocycles. The van der Waals surface area contributed by atoms with Gasteiger partial charge in [0.1, 0.15) is 0 Å². The molecule has 0 atom stereocenters. The van der Waals surface area contributed by atoms with E-state index in [4.69, 9.17) is 0 Å². The average molecular weight is 274 g/mol. The van der Waals surface area contributed by atoms with Gasteiger partial charge in [0, 0.05) is 35.4 Å². The van der Waals surface area contributed by atoms with Gasteiger partial charge in [-0.3, -0.25) is 9.97 Å². The molecule has 2 nitrogen and oxygen atoms in total. The van der Waals surface area contributed by atoms with E-state index in [1.165, 1.54) is 11.1 Å². The van der Waals surface area contributed by atoms with E-state index in [0.717, 1.165) is 34.4 Å². The maximum Gasteiger partial charge on any atom is 0.0502 e. The summed E-state index contributed by atoms with van der Waals surface area (Å²) < 4.78 is 0. The van der Waals surface area contributed by atoms with Crippen molar-refractivity contribution < 1.29 is 0 Å². The molecule has 18 heavy (non-hydrogen) atoms. The first kappa shape index (κ1) is 12.1. The molecule has 92 valence electrons. The van der Waals surface area contributed by atoms with E-state index in [-0.39, 0.29) is 0 Å². The molecule has 0 radical (unpaired) electrons. The Labute approximate surface area is 116 Å². The predicted molar refractivity (Wildman–Crippen MR) is 78.5 cm³/mol. The van der Waals surface area contributed by atoms with Crippen LogP contribution in [0.2, 0.25) is 0 Å². The molecule has 0 unspecified atom stereocenters. The number of nitrogens with zero attached hydrogens (tertiary/aromatic N) is 2. The molecular formula is C14H14N2S2. The van der Waals surface area contributed by atoms with Crippen molar-refractivity contribution in [2.75, 3.05) is 0 Å². The molecule has 0 saturated heterocycles. The molecule has 0 spiro atoms. The molecule has 0 N–H and O–H groups in total. The first-order valence-electron chi connectivity index (χ1n) is 5.93. The normalized spacial score (nSPS) is 15.6. The van der Waals surface area contributed by atoms with Crippen LogP contribution in [0, 0.1) is 0 Å². The molecule has 0 fully saturated rings. The van der Waals surface area contributed by atoms with Crippen molar-refractivity contribution in [2.45, 2.75) is 23.0 Å². The van der Waals surface area contributed by atoms with Crippen molar-refractivity contribution >= 4 is 23.5 Å². The van der Waals surface area contributed by atoms with E-state index in [1.54, 1.807) is 0 Å². The molecule has 6 heterocycles. The molecule has 2 aromatic heterocycles. The lowest BCUT2D eigenvalue weighted by Crippen LogP contribution is -1.94. The van der Waals surface area contributed by atoms with Crippen molar-refractivity contribution in [1.29, 1.82) is 0 Å². The zero-order valence-corrected chi connectivity index (χ0v) is 11.6. The van der Waals surface area contributed by atoms with Crippen molar-refractivity contribution in [2.24, 2.45) is 0 Å². The lowest BCUT2D eigenvalue weighted by Gasteiger charge is -2.07. The molecule has 6 rings (SSSR count).